The zero-order valence-electron chi connectivity index (χ0n) is 23.9. The van der Waals surface area contributed by atoms with E-state index in [1.165, 1.54) is 24.8 Å². The Bertz CT molecular complexity index is 1500. The molecule has 1 aromatic heterocycles. The number of para-hydroxylation sites is 1. The van der Waals surface area contributed by atoms with Gasteiger partial charge in [0, 0.05) is 17.1 Å². The lowest BCUT2D eigenvalue weighted by molar-refractivity contribution is -0.113. The van der Waals surface area contributed by atoms with E-state index in [2.05, 4.69) is 29.7 Å². The number of allylic oxidation sites excluding steroid dienone is 1. The van der Waals surface area contributed by atoms with Gasteiger partial charge in [-0.3, -0.25) is 4.79 Å². The van der Waals surface area contributed by atoms with Crippen LogP contribution >= 0.6 is 11.8 Å². The van der Waals surface area contributed by atoms with Crippen molar-refractivity contribution in [2.75, 3.05) is 17.2 Å². The number of hydrogen-bond donors (Lipinski definition) is 2. The van der Waals surface area contributed by atoms with E-state index < -0.39 is 6.04 Å². The number of benzene rings is 3. The molecule has 1 unspecified atom stereocenters. The van der Waals surface area contributed by atoms with Crippen LogP contribution in [0.25, 0.3) is 0 Å². The zero-order valence-corrected chi connectivity index (χ0v) is 24.7. The third kappa shape index (κ3) is 7.00. The predicted octanol–water partition coefficient (Wildman–Crippen LogP) is 7.77. The summed E-state index contributed by atoms with van der Waals surface area (Å²) in [6.07, 6.45) is 4.64. The number of hydrogen-bond acceptors (Lipinski definition) is 6. The van der Waals surface area contributed by atoms with Crippen LogP contribution in [0.3, 0.4) is 0 Å². The van der Waals surface area contributed by atoms with Crippen LogP contribution in [0.1, 0.15) is 62.3 Å². The molecule has 7 nitrogen and oxygen atoms in total. The van der Waals surface area contributed by atoms with Gasteiger partial charge in [0.25, 0.3) is 5.91 Å². The second-order valence-corrected chi connectivity index (χ2v) is 11.2. The Kier molecular flexibility index (Phi) is 9.41. The summed E-state index contributed by atoms with van der Waals surface area (Å²) in [6, 6.07) is 25.6. The van der Waals surface area contributed by atoms with Gasteiger partial charge in [-0.2, -0.15) is 4.98 Å². The molecule has 0 bridgehead atoms. The maximum absolute atomic E-state index is 13.8. The fourth-order valence-electron chi connectivity index (χ4n) is 4.88. The lowest BCUT2D eigenvalue weighted by atomic mass is 9.95. The molecule has 0 fully saturated rings. The molecule has 0 saturated heterocycles. The lowest BCUT2D eigenvalue weighted by Crippen LogP contribution is -2.31. The Morgan fingerprint density at radius 2 is 1.73 bits per heavy atom. The molecule has 2 N–H and O–H groups in total. The van der Waals surface area contributed by atoms with Crippen molar-refractivity contribution in [2.24, 2.45) is 0 Å². The molecule has 1 atom stereocenters. The van der Waals surface area contributed by atoms with Crippen LogP contribution in [0.15, 0.2) is 95.3 Å². The third-order valence-electron chi connectivity index (χ3n) is 7.14. The lowest BCUT2D eigenvalue weighted by Gasteiger charge is -2.29. The summed E-state index contributed by atoms with van der Waals surface area (Å²) < 4.78 is 7.82. The number of carbonyl (C=O) groups is 1. The minimum atomic E-state index is -0.451. The van der Waals surface area contributed by atoms with Gasteiger partial charge in [0.05, 0.1) is 12.2 Å². The number of thioether (sulfide) groups is 1. The van der Waals surface area contributed by atoms with Gasteiger partial charge in [-0.15, -0.1) is 5.10 Å². The smallest absolute Gasteiger partial charge is 0.255 e. The number of carbonyl (C=O) groups excluding carboxylic acids is 1. The highest BCUT2D eigenvalue weighted by Crippen LogP contribution is 2.37. The number of anilines is 2. The van der Waals surface area contributed by atoms with E-state index in [1.54, 1.807) is 11.8 Å². The Hall–Kier alpha value is -4.04. The number of nitrogens with one attached hydrogen (secondary N) is 2. The van der Waals surface area contributed by atoms with Gasteiger partial charge in [0.2, 0.25) is 11.1 Å². The molecule has 0 spiro atoms. The summed E-state index contributed by atoms with van der Waals surface area (Å²) in [5.41, 5.74) is 5.26. The molecule has 4 aromatic rings. The van der Waals surface area contributed by atoms with E-state index >= 15 is 0 Å². The highest BCUT2D eigenvalue weighted by atomic mass is 32.2. The molecule has 1 amide bonds. The number of unbranched alkanes of at least 4 members (excludes halogenated alkanes) is 3. The average molecular weight is 568 g/mol. The van der Waals surface area contributed by atoms with Gasteiger partial charge in [-0.05, 0) is 55.2 Å². The highest BCUT2D eigenvalue weighted by molar-refractivity contribution is 7.98. The molecular formula is C33H37N5O2S. The Labute approximate surface area is 246 Å². The van der Waals surface area contributed by atoms with Crippen molar-refractivity contribution >= 4 is 29.3 Å². The highest BCUT2D eigenvalue weighted by Gasteiger charge is 2.34. The number of rotatable bonds is 12. The number of aromatic nitrogens is 3. The summed E-state index contributed by atoms with van der Waals surface area (Å²) in [7, 11) is 0. The topological polar surface area (TPSA) is 81.1 Å². The van der Waals surface area contributed by atoms with Gasteiger partial charge in [0.15, 0.2) is 0 Å². The van der Waals surface area contributed by atoms with Gasteiger partial charge >= 0.3 is 0 Å². The maximum atomic E-state index is 13.8. The summed E-state index contributed by atoms with van der Waals surface area (Å²) >= 11 is 1.57. The van der Waals surface area contributed by atoms with Crippen LogP contribution in [0, 0.1) is 6.92 Å². The van der Waals surface area contributed by atoms with Gasteiger partial charge in [-0.25, -0.2) is 4.68 Å². The summed E-state index contributed by atoms with van der Waals surface area (Å²) in [5, 5.41) is 12.0. The van der Waals surface area contributed by atoms with Crippen molar-refractivity contribution in [2.45, 2.75) is 63.4 Å². The maximum Gasteiger partial charge on any atom is 0.255 e. The second-order valence-electron chi connectivity index (χ2n) is 10.3. The molecule has 3 aromatic carbocycles. The van der Waals surface area contributed by atoms with Crippen molar-refractivity contribution in [3.8, 4) is 5.75 Å². The standard InChI is InChI=1S/C33H37N5O2S/c1-4-5-6-12-21-40-27-19-17-26(18-20-27)30-29(31(39)35-28-16-11-10-13-23(28)2)24(3)34-32-36-33(37-38(30)32)41-22-25-14-8-7-9-15-25/h7-11,13-20,30H,4-6,12,21-22H2,1-3H3,(H,35,39)(H,34,36,37). The number of aryl methyl sites for hydroxylation is 1. The van der Waals surface area contributed by atoms with Crippen molar-refractivity contribution in [1.29, 1.82) is 0 Å². The predicted molar refractivity (Wildman–Crippen MR) is 166 cm³/mol. The van der Waals surface area contributed by atoms with E-state index in [1.807, 2.05) is 85.3 Å². The molecular weight excluding hydrogens is 530 g/mol. The molecule has 1 aliphatic rings. The van der Waals surface area contributed by atoms with Crippen molar-refractivity contribution in [3.63, 3.8) is 0 Å². The summed E-state index contributed by atoms with van der Waals surface area (Å²) in [5.74, 6) is 2.02. The van der Waals surface area contributed by atoms with E-state index in [9.17, 15) is 4.79 Å². The number of ether oxygens (including phenoxy) is 1. The van der Waals surface area contributed by atoms with Gasteiger partial charge in [0.1, 0.15) is 11.8 Å². The molecule has 2 heterocycles. The Balaban J connectivity index is 1.42. The Morgan fingerprint density at radius 3 is 2.49 bits per heavy atom. The number of amides is 1. The van der Waals surface area contributed by atoms with E-state index in [-0.39, 0.29) is 5.91 Å². The first-order valence-electron chi connectivity index (χ1n) is 14.2. The third-order valence-corrected chi connectivity index (χ3v) is 8.05. The molecule has 212 valence electrons. The first kappa shape index (κ1) is 28.5. The van der Waals surface area contributed by atoms with Gasteiger partial charge < -0.3 is 15.4 Å². The molecule has 41 heavy (non-hydrogen) atoms. The molecule has 5 rings (SSSR count). The SMILES string of the molecule is CCCCCCOc1ccc(C2C(C(=O)Nc3ccccc3C)=C(C)Nc3nc(SCc4ccccc4)nn32)cc1. The largest absolute Gasteiger partial charge is 0.494 e. The van der Waals surface area contributed by atoms with Crippen molar-refractivity contribution in [3.05, 3.63) is 107 Å². The van der Waals surface area contributed by atoms with Crippen molar-refractivity contribution < 1.29 is 9.53 Å². The monoisotopic (exact) mass is 567 g/mol. The minimum absolute atomic E-state index is 0.176. The summed E-state index contributed by atoms with van der Waals surface area (Å²) in [6.45, 7) is 6.81. The fourth-order valence-corrected chi connectivity index (χ4v) is 5.67. The zero-order chi connectivity index (χ0) is 28.6. The summed E-state index contributed by atoms with van der Waals surface area (Å²) in [4.78, 5) is 18.6. The van der Waals surface area contributed by atoms with Crippen LogP contribution in [0.2, 0.25) is 0 Å². The fraction of sp³-hybridized carbons (Fsp3) is 0.303. The van der Waals surface area contributed by atoms with E-state index in [4.69, 9.17) is 14.8 Å². The minimum Gasteiger partial charge on any atom is -0.494 e. The van der Waals surface area contributed by atoms with Crippen LogP contribution in [-0.2, 0) is 10.5 Å². The Morgan fingerprint density at radius 1 is 0.976 bits per heavy atom. The molecule has 0 saturated carbocycles. The molecule has 8 heteroatoms. The van der Waals surface area contributed by atoms with E-state index in [0.717, 1.165) is 40.4 Å². The molecule has 0 radical (unpaired) electrons. The first-order valence-corrected chi connectivity index (χ1v) is 15.2. The number of fused-ring (bicyclic) bond motifs is 1. The quantitative estimate of drug-likeness (QED) is 0.134. The van der Waals surface area contributed by atoms with Gasteiger partial charge in [-0.1, -0.05) is 98.6 Å². The van der Waals surface area contributed by atoms with Crippen LogP contribution in [0.5, 0.6) is 5.75 Å². The molecule has 1 aliphatic heterocycles. The van der Waals surface area contributed by atoms with Crippen LogP contribution in [0.4, 0.5) is 11.6 Å². The van der Waals surface area contributed by atoms with E-state index in [0.29, 0.717) is 23.3 Å². The molecule has 0 aliphatic carbocycles. The van der Waals surface area contributed by atoms with Crippen LogP contribution < -0.4 is 15.4 Å². The van der Waals surface area contributed by atoms with Crippen LogP contribution in [-0.4, -0.2) is 27.3 Å². The average Bonchev–Trinajstić information content (AvgIpc) is 3.39. The first-order chi connectivity index (χ1) is 20.0. The van der Waals surface area contributed by atoms with Crippen molar-refractivity contribution in [1.82, 2.24) is 14.8 Å². The number of nitrogens with zero attached hydrogens (tertiary/aromatic N) is 3. The second kappa shape index (κ2) is 13.5. The normalized spacial score (nSPS) is 14.4.